The number of nitro groups is 1. The number of thioether (sulfide) groups is 1. The SMILES string of the molecule is CC(C)(Sc1ccc([N+](=O)[O-])cc1F)C(N)C(=O)O. The number of nitrogens with zero attached hydrogens (tertiary/aromatic N) is 1. The van der Waals surface area contributed by atoms with E-state index in [9.17, 15) is 19.3 Å². The molecule has 0 saturated carbocycles. The van der Waals surface area contributed by atoms with Gasteiger partial charge in [-0.2, -0.15) is 0 Å². The summed E-state index contributed by atoms with van der Waals surface area (Å²) in [6, 6.07) is 2.01. The van der Waals surface area contributed by atoms with E-state index < -0.39 is 27.5 Å². The Morgan fingerprint density at radius 2 is 2.16 bits per heavy atom. The standard InChI is InChI=1S/C11H13FN2O4S/c1-11(2,9(13)10(15)16)19-8-4-3-6(14(17)18)5-7(8)12/h3-5,9H,13H2,1-2H3,(H,15,16). The fourth-order valence-corrected chi connectivity index (χ4v) is 2.42. The van der Waals surface area contributed by atoms with Crippen molar-refractivity contribution in [1.29, 1.82) is 0 Å². The summed E-state index contributed by atoms with van der Waals surface area (Å²) in [5.74, 6) is -1.97. The topological polar surface area (TPSA) is 106 Å². The van der Waals surface area contributed by atoms with Gasteiger partial charge in [0.15, 0.2) is 0 Å². The second-order valence-corrected chi connectivity index (χ2v) is 6.09. The number of benzene rings is 1. The first-order chi connectivity index (χ1) is 8.65. The van der Waals surface area contributed by atoms with Gasteiger partial charge in [0, 0.05) is 15.7 Å². The Hall–Kier alpha value is -1.67. The molecule has 104 valence electrons. The van der Waals surface area contributed by atoms with Crippen molar-refractivity contribution < 1.29 is 19.2 Å². The van der Waals surface area contributed by atoms with Crippen LogP contribution in [0, 0.1) is 15.9 Å². The van der Waals surface area contributed by atoms with Gasteiger partial charge in [-0.15, -0.1) is 11.8 Å². The predicted molar refractivity (Wildman–Crippen MR) is 68.6 cm³/mol. The van der Waals surface area contributed by atoms with Gasteiger partial charge in [0.1, 0.15) is 11.9 Å². The largest absolute Gasteiger partial charge is 0.480 e. The van der Waals surface area contributed by atoms with Gasteiger partial charge in [0.2, 0.25) is 0 Å². The Morgan fingerprint density at radius 3 is 2.58 bits per heavy atom. The lowest BCUT2D eigenvalue weighted by Gasteiger charge is -2.27. The van der Waals surface area contributed by atoms with Crippen molar-refractivity contribution in [2.24, 2.45) is 5.73 Å². The summed E-state index contributed by atoms with van der Waals surface area (Å²) in [4.78, 5) is 20.7. The van der Waals surface area contributed by atoms with Crippen molar-refractivity contribution in [3.63, 3.8) is 0 Å². The molecule has 0 fully saturated rings. The molecular weight excluding hydrogens is 275 g/mol. The molecule has 19 heavy (non-hydrogen) atoms. The van der Waals surface area contributed by atoms with E-state index in [1.165, 1.54) is 6.07 Å². The molecule has 0 aliphatic heterocycles. The van der Waals surface area contributed by atoms with Crippen molar-refractivity contribution in [3.8, 4) is 0 Å². The number of rotatable bonds is 5. The minimum atomic E-state index is -1.19. The first-order valence-electron chi connectivity index (χ1n) is 5.26. The number of carbonyl (C=O) groups is 1. The van der Waals surface area contributed by atoms with Gasteiger partial charge in [-0.1, -0.05) is 0 Å². The highest BCUT2D eigenvalue weighted by molar-refractivity contribution is 8.00. The molecule has 1 unspecified atom stereocenters. The van der Waals surface area contributed by atoms with Crippen molar-refractivity contribution in [2.45, 2.75) is 29.5 Å². The number of non-ortho nitro benzene ring substituents is 1. The van der Waals surface area contributed by atoms with Crippen LogP contribution in [0.1, 0.15) is 13.8 Å². The van der Waals surface area contributed by atoms with Gasteiger partial charge in [-0.05, 0) is 19.9 Å². The van der Waals surface area contributed by atoms with E-state index in [1.54, 1.807) is 13.8 Å². The lowest BCUT2D eigenvalue weighted by atomic mass is 10.1. The van der Waals surface area contributed by atoms with Gasteiger partial charge in [-0.25, -0.2) is 4.39 Å². The molecule has 8 heteroatoms. The summed E-state index contributed by atoms with van der Waals surface area (Å²) in [6.45, 7) is 3.13. The van der Waals surface area contributed by atoms with Crippen LogP contribution in [0.25, 0.3) is 0 Å². The number of nitro benzene ring substituents is 1. The van der Waals surface area contributed by atoms with Crippen LogP contribution in [0.15, 0.2) is 23.1 Å². The molecule has 0 aliphatic rings. The molecule has 1 aromatic rings. The van der Waals surface area contributed by atoms with E-state index in [0.29, 0.717) is 0 Å². The zero-order chi connectivity index (χ0) is 14.8. The number of halogens is 1. The van der Waals surface area contributed by atoms with Gasteiger partial charge < -0.3 is 10.8 Å². The van der Waals surface area contributed by atoms with E-state index >= 15 is 0 Å². The Labute approximate surface area is 112 Å². The maximum absolute atomic E-state index is 13.7. The first-order valence-corrected chi connectivity index (χ1v) is 6.08. The molecule has 0 spiro atoms. The minimum Gasteiger partial charge on any atom is -0.480 e. The number of carboxylic acids is 1. The second-order valence-electron chi connectivity index (χ2n) is 4.39. The van der Waals surface area contributed by atoms with E-state index in [1.807, 2.05) is 0 Å². The third kappa shape index (κ3) is 3.65. The molecule has 0 amide bonds. The Bertz CT molecular complexity index is 521. The van der Waals surface area contributed by atoms with Crippen molar-refractivity contribution in [2.75, 3.05) is 0 Å². The third-order valence-electron chi connectivity index (χ3n) is 2.51. The third-order valence-corrected chi connectivity index (χ3v) is 3.85. The normalized spacial score (nSPS) is 13.1. The zero-order valence-corrected chi connectivity index (χ0v) is 11.1. The van der Waals surface area contributed by atoms with Crippen LogP contribution in [0.5, 0.6) is 0 Å². The van der Waals surface area contributed by atoms with Gasteiger partial charge in [0.05, 0.1) is 11.0 Å². The monoisotopic (exact) mass is 288 g/mol. The Kier molecular flexibility index (Phi) is 4.48. The molecule has 6 nitrogen and oxygen atoms in total. The molecule has 0 radical (unpaired) electrons. The van der Waals surface area contributed by atoms with Crippen LogP contribution in [-0.4, -0.2) is 26.8 Å². The predicted octanol–water partition coefficient (Wildman–Crippen LogP) is 2.02. The number of carboxylic acid groups (broad SMARTS) is 1. The van der Waals surface area contributed by atoms with Crippen molar-refractivity contribution in [3.05, 3.63) is 34.1 Å². The molecule has 1 rings (SSSR count). The number of hydrogen-bond donors (Lipinski definition) is 2. The van der Waals surface area contributed by atoms with Crippen LogP contribution in [-0.2, 0) is 4.79 Å². The molecule has 0 aromatic heterocycles. The maximum Gasteiger partial charge on any atom is 0.321 e. The fourth-order valence-electron chi connectivity index (χ4n) is 1.33. The van der Waals surface area contributed by atoms with Gasteiger partial charge in [-0.3, -0.25) is 14.9 Å². The van der Waals surface area contributed by atoms with Crippen LogP contribution >= 0.6 is 11.8 Å². The fraction of sp³-hybridized carbons (Fsp3) is 0.364. The smallest absolute Gasteiger partial charge is 0.321 e. The summed E-state index contributed by atoms with van der Waals surface area (Å²) < 4.78 is 12.7. The molecule has 0 aliphatic carbocycles. The summed E-state index contributed by atoms with van der Waals surface area (Å²) in [5.41, 5.74) is 5.16. The highest BCUT2D eigenvalue weighted by atomic mass is 32.2. The molecule has 3 N–H and O–H groups in total. The summed E-state index contributed by atoms with van der Waals surface area (Å²) >= 11 is 0.926. The van der Waals surface area contributed by atoms with Gasteiger partial charge >= 0.3 is 5.97 Å². The maximum atomic E-state index is 13.7. The van der Waals surface area contributed by atoms with E-state index in [4.69, 9.17) is 10.8 Å². The number of aliphatic carboxylic acids is 1. The van der Waals surface area contributed by atoms with Crippen LogP contribution in [0.3, 0.4) is 0 Å². The summed E-state index contributed by atoms with van der Waals surface area (Å²) in [7, 11) is 0. The minimum absolute atomic E-state index is 0.118. The van der Waals surface area contributed by atoms with Crippen LogP contribution in [0.2, 0.25) is 0 Å². The average Bonchev–Trinajstić information content (AvgIpc) is 2.30. The lowest BCUT2D eigenvalue weighted by molar-refractivity contribution is -0.385. The van der Waals surface area contributed by atoms with E-state index in [0.717, 1.165) is 23.9 Å². The summed E-state index contributed by atoms with van der Waals surface area (Å²) in [6.07, 6.45) is 0. The lowest BCUT2D eigenvalue weighted by Crippen LogP contribution is -2.46. The molecule has 0 bridgehead atoms. The molecular formula is C11H13FN2O4S. The average molecular weight is 288 g/mol. The van der Waals surface area contributed by atoms with Crippen LogP contribution in [0.4, 0.5) is 10.1 Å². The zero-order valence-electron chi connectivity index (χ0n) is 10.3. The van der Waals surface area contributed by atoms with Crippen molar-refractivity contribution in [1.82, 2.24) is 0 Å². The van der Waals surface area contributed by atoms with E-state index in [2.05, 4.69) is 0 Å². The quantitative estimate of drug-likeness (QED) is 0.487. The number of hydrogen-bond acceptors (Lipinski definition) is 5. The highest BCUT2D eigenvalue weighted by Gasteiger charge is 2.34. The molecule has 1 atom stereocenters. The molecule has 0 saturated heterocycles. The van der Waals surface area contributed by atoms with Crippen LogP contribution < -0.4 is 5.73 Å². The Morgan fingerprint density at radius 1 is 1.58 bits per heavy atom. The Balaban J connectivity index is 3.00. The number of nitrogens with two attached hydrogens (primary N) is 1. The first kappa shape index (κ1) is 15.4. The second kappa shape index (κ2) is 5.54. The molecule has 1 aromatic carbocycles. The van der Waals surface area contributed by atoms with Crippen molar-refractivity contribution >= 4 is 23.4 Å². The summed E-state index contributed by atoms with van der Waals surface area (Å²) in [5, 5.41) is 19.3. The van der Waals surface area contributed by atoms with Gasteiger partial charge in [0.25, 0.3) is 5.69 Å². The highest BCUT2D eigenvalue weighted by Crippen LogP contribution is 2.37. The molecule has 0 heterocycles. The van der Waals surface area contributed by atoms with E-state index in [-0.39, 0.29) is 10.6 Å².